The average Bonchev–Trinajstić information content (AvgIpc) is 2.76. The van der Waals surface area contributed by atoms with Crippen molar-refractivity contribution in [3.8, 4) is 11.1 Å². The predicted molar refractivity (Wildman–Crippen MR) is 123 cm³/mol. The van der Waals surface area contributed by atoms with Crippen LogP contribution in [0.1, 0.15) is 10.4 Å². The number of rotatable bonds is 3. The molecular formula is C26H19NO3. The molecule has 146 valence electrons. The van der Waals surface area contributed by atoms with Crippen molar-refractivity contribution in [1.82, 2.24) is 0 Å². The lowest BCUT2D eigenvalue weighted by atomic mass is 9.92. The summed E-state index contributed by atoms with van der Waals surface area (Å²) in [5, 5.41) is 3.54. The third kappa shape index (κ3) is 2.77. The topological polar surface area (TPSA) is 50.5 Å². The van der Waals surface area contributed by atoms with Crippen molar-refractivity contribution < 1.29 is 9.21 Å². The van der Waals surface area contributed by atoms with E-state index in [1.807, 2.05) is 73.6 Å². The minimum Gasteiger partial charge on any atom is -0.455 e. The van der Waals surface area contributed by atoms with Crippen molar-refractivity contribution in [1.29, 1.82) is 0 Å². The van der Waals surface area contributed by atoms with Gasteiger partial charge in [-0.05, 0) is 47.3 Å². The van der Waals surface area contributed by atoms with Crippen LogP contribution in [0.15, 0.2) is 82.0 Å². The molecule has 30 heavy (non-hydrogen) atoms. The Morgan fingerprint density at radius 2 is 1.60 bits per heavy atom. The van der Waals surface area contributed by atoms with Crippen LogP contribution in [0.4, 0.5) is 5.69 Å². The van der Waals surface area contributed by atoms with E-state index in [-0.39, 0.29) is 5.43 Å². The molecule has 0 radical (unpaired) electrons. The van der Waals surface area contributed by atoms with Crippen molar-refractivity contribution >= 4 is 44.7 Å². The molecule has 0 N–H and O–H groups in total. The minimum atomic E-state index is -0.0379. The van der Waals surface area contributed by atoms with Gasteiger partial charge in [-0.25, -0.2) is 0 Å². The number of carbonyl (C=O) groups is 1. The highest BCUT2D eigenvalue weighted by Crippen LogP contribution is 2.40. The largest absolute Gasteiger partial charge is 0.455 e. The third-order valence-electron chi connectivity index (χ3n) is 5.53. The number of hydrogen-bond acceptors (Lipinski definition) is 4. The van der Waals surface area contributed by atoms with E-state index in [4.69, 9.17) is 4.42 Å². The molecule has 5 rings (SSSR count). The van der Waals surface area contributed by atoms with E-state index in [9.17, 15) is 9.59 Å². The monoisotopic (exact) mass is 393 g/mol. The summed E-state index contributed by atoms with van der Waals surface area (Å²) in [5.74, 6) is 0. The molecule has 4 aromatic carbocycles. The Labute approximate surface area is 173 Å². The van der Waals surface area contributed by atoms with Gasteiger partial charge in [0.05, 0.1) is 0 Å². The molecule has 4 heteroatoms. The van der Waals surface area contributed by atoms with Crippen molar-refractivity contribution in [3.05, 3.63) is 88.6 Å². The van der Waals surface area contributed by atoms with Crippen LogP contribution >= 0.6 is 0 Å². The summed E-state index contributed by atoms with van der Waals surface area (Å²) in [7, 11) is 3.96. The summed E-state index contributed by atoms with van der Waals surface area (Å²) < 4.78 is 6.41. The van der Waals surface area contributed by atoms with Gasteiger partial charge in [0.15, 0.2) is 11.7 Å². The zero-order chi connectivity index (χ0) is 20.8. The van der Waals surface area contributed by atoms with E-state index in [0.717, 1.165) is 50.2 Å². The second-order valence-electron chi connectivity index (χ2n) is 7.58. The van der Waals surface area contributed by atoms with Gasteiger partial charge in [-0.1, -0.05) is 30.3 Å². The summed E-state index contributed by atoms with van der Waals surface area (Å²) in [5.41, 5.74) is 4.84. The normalized spacial score (nSPS) is 11.3. The van der Waals surface area contributed by atoms with Gasteiger partial charge in [0.1, 0.15) is 11.2 Å². The van der Waals surface area contributed by atoms with Gasteiger partial charge >= 0.3 is 0 Å². The molecule has 4 nitrogen and oxygen atoms in total. The summed E-state index contributed by atoms with van der Waals surface area (Å²) in [6.45, 7) is 0. The third-order valence-corrected chi connectivity index (χ3v) is 5.53. The van der Waals surface area contributed by atoms with Crippen LogP contribution < -0.4 is 10.3 Å². The summed E-state index contributed by atoms with van der Waals surface area (Å²) in [6, 6.07) is 22.5. The van der Waals surface area contributed by atoms with Crippen LogP contribution in [0.5, 0.6) is 0 Å². The number of benzene rings is 4. The minimum absolute atomic E-state index is 0.0379. The number of nitrogens with zero attached hydrogens (tertiary/aromatic N) is 1. The number of carbonyl (C=O) groups excluding carboxylic acids is 1. The lowest BCUT2D eigenvalue weighted by molar-refractivity contribution is 0.112. The van der Waals surface area contributed by atoms with Crippen molar-refractivity contribution in [3.63, 3.8) is 0 Å². The fourth-order valence-corrected chi connectivity index (χ4v) is 4.04. The molecular weight excluding hydrogens is 374 g/mol. The molecule has 0 bridgehead atoms. The van der Waals surface area contributed by atoms with E-state index >= 15 is 0 Å². The second-order valence-corrected chi connectivity index (χ2v) is 7.58. The zero-order valence-corrected chi connectivity index (χ0v) is 16.7. The summed E-state index contributed by atoms with van der Waals surface area (Å²) in [4.78, 5) is 25.7. The van der Waals surface area contributed by atoms with Gasteiger partial charge in [-0.2, -0.15) is 0 Å². The van der Waals surface area contributed by atoms with E-state index < -0.39 is 0 Å². The quantitative estimate of drug-likeness (QED) is 0.226. The van der Waals surface area contributed by atoms with Crippen LogP contribution in [-0.4, -0.2) is 20.4 Å². The van der Waals surface area contributed by atoms with Gasteiger partial charge in [0.2, 0.25) is 0 Å². The fourth-order valence-electron chi connectivity index (χ4n) is 4.04. The first-order valence-corrected chi connectivity index (χ1v) is 9.72. The van der Waals surface area contributed by atoms with Gasteiger partial charge < -0.3 is 9.32 Å². The molecule has 0 atom stereocenters. The Hall–Kier alpha value is -3.92. The van der Waals surface area contributed by atoms with Gasteiger partial charge in [0, 0.05) is 53.1 Å². The summed E-state index contributed by atoms with van der Waals surface area (Å²) >= 11 is 0. The Morgan fingerprint density at radius 1 is 0.833 bits per heavy atom. The molecule has 0 aliphatic heterocycles. The molecule has 0 amide bonds. The average molecular weight is 393 g/mol. The maximum absolute atomic E-state index is 11.8. The first-order chi connectivity index (χ1) is 14.6. The Morgan fingerprint density at radius 3 is 2.40 bits per heavy atom. The van der Waals surface area contributed by atoms with Crippen LogP contribution in [0.25, 0.3) is 43.8 Å². The lowest BCUT2D eigenvalue weighted by Crippen LogP contribution is -2.08. The van der Waals surface area contributed by atoms with Gasteiger partial charge in [-0.3, -0.25) is 9.59 Å². The van der Waals surface area contributed by atoms with Crippen molar-refractivity contribution in [2.75, 3.05) is 19.0 Å². The molecule has 1 heterocycles. The SMILES string of the molecule is CN(C)c1ccc2c(-c3ccccc3C=O)c3ccc4cc(=O)ccc4c3oc2c1. The first kappa shape index (κ1) is 18.1. The highest BCUT2D eigenvalue weighted by molar-refractivity contribution is 6.16. The maximum Gasteiger partial charge on any atom is 0.179 e. The van der Waals surface area contributed by atoms with E-state index in [0.29, 0.717) is 11.1 Å². The second kappa shape index (κ2) is 6.85. The number of aldehydes is 1. The predicted octanol–water partition coefficient (Wildman–Crippen LogP) is 5.64. The Bertz CT molecular complexity index is 1510. The molecule has 1 aromatic heterocycles. The van der Waals surface area contributed by atoms with Crippen LogP contribution in [-0.2, 0) is 0 Å². The zero-order valence-electron chi connectivity index (χ0n) is 16.7. The van der Waals surface area contributed by atoms with Crippen molar-refractivity contribution in [2.24, 2.45) is 0 Å². The van der Waals surface area contributed by atoms with E-state index in [1.54, 1.807) is 18.2 Å². The molecule has 0 fully saturated rings. The van der Waals surface area contributed by atoms with Crippen LogP contribution in [0, 0.1) is 0 Å². The Kier molecular flexibility index (Phi) is 4.14. The highest BCUT2D eigenvalue weighted by Gasteiger charge is 2.17. The van der Waals surface area contributed by atoms with E-state index in [2.05, 4.69) is 0 Å². The smallest absolute Gasteiger partial charge is 0.179 e. The number of fused-ring (bicyclic) bond motifs is 4. The van der Waals surface area contributed by atoms with Crippen molar-refractivity contribution in [2.45, 2.75) is 0 Å². The molecule has 5 aromatic rings. The highest BCUT2D eigenvalue weighted by atomic mass is 16.3. The number of anilines is 1. The standard InChI is InChI=1S/C26H19NO3/c1-27(2)18-8-11-22-24(14-18)30-26-21-12-9-19(29)13-16(21)7-10-23(26)25(22)20-6-4-3-5-17(20)15-28/h3-15H,1-2H3. The molecule has 0 saturated heterocycles. The van der Waals surface area contributed by atoms with Gasteiger partial charge in [0.25, 0.3) is 0 Å². The first-order valence-electron chi connectivity index (χ1n) is 9.72. The maximum atomic E-state index is 11.8. The molecule has 0 aliphatic carbocycles. The molecule has 0 unspecified atom stereocenters. The van der Waals surface area contributed by atoms with Crippen LogP contribution in [0.3, 0.4) is 0 Å². The summed E-state index contributed by atoms with van der Waals surface area (Å²) in [6.07, 6.45) is 0.885. The fraction of sp³-hybridized carbons (Fsp3) is 0.0769. The lowest BCUT2D eigenvalue weighted by Gasteiger charge is -2.17. The molecule has 0 saturated carbocycles. The molecule has 0 aliphatic rings. The number of hydrogen-bond donors (Lipinski definition) is 0. The van der Waals surface area contributed by atoms with Crippen LogP contribution in [0.2, 0.25) is 0 Å². The van der Waals surface area contributed by atoms with E-state index in [1.165, 1.54) is 0 Å². The molecule has 0 spiro atoms. The Balaban J connectivity index is 2.02. The van der Waals surface area contributed by atoms with Gasteiger partial charge in [-0.15, -0.1) is 0 Å².